The van der Waals surface area contributed by atoms with Crippen molar-refractivity contribution in [2.75, 3.05) is 11.9 Å². The minimum atomic E-state index is -0.422. The van der Waals surface area contributed by atoms with Crippen LogP contribution in [0.4, 0.5) is 5.69 Å². The van der Waals surface area contributed by atoms with Crippen LogP contribution in [0, 0.1) is 11.8 Å². The Morgan fingerprint density at radius 2 is 2.20 bits per heavy atom. The Morgan fingerprint density at radius 3 is 2.80 bits per heavy atom. The number of anilines is 1. The van der Waals surface area contributed by atoms with Crippen molar-refractivity contribution in [1.82, 2.24) is 14.8 Å². The number of benzene rings is 1. The highest BCUT2D eigenvalue weighted by molar-refractivity contribution is 5.93. The molecule has 0 radical (unpaired) electrons. The maximum absolute atomic E-state index is 12.0. The Kier molecular flexibility index (Phi) is 4.47. The molecular formula is C14H15N5O. The number of nitrogens with one attached hydrogen (secondary N) is 1. The quantitative estimate of drug-likeness (QED) is 0.807. The molecule has 102 valence electrons. The molecule has 0 aliphatic heterocycles. The molecule has 0 fully saturated rings. The van der Waals surface area contributed by atoms with Crippen molar-refractivity contribution in [2.45, 2.75) is 13.0 Å². The third-order valence-corrected chi connectivity index (χ3v) is 2.70. The van der Waals surface area contributed by atoms with Crippen LogP contribution in [0.3, 0.4) is 0 Å². The Labute approximate surface area is 117 Å². The molecule has 0 aliphatic carbocycles. The van der Waals surface area contributed by atoms with E-state index in [2.05, 4.69) is 27.2 Å². The Balaban J connectivity index is 2.01. The summed E-state index contributed by atoms with van der Waals surface area (Å²) in [6.07, 6.45) is 2.91. The van der Waals surface area contributed by atoms with Gasteiger partial charge in [0.2, 0.25) is 5.91 Å². The molecule has 0 saturated carbocycles. The van der Waals surface area contributed by atoms with Crippen LogP contribution < -0.4 is 11.1 Å². The summed E-state index contributed by atoms with van der Waals surface area (Å²) in [5.74, 6) is 5.54. The lowest BCUT2D eigenvalue weighted by atomic mass is 10.2. The second-order valence-corrected chi connectivity index (χ2v) is 4.12. The topological polar surface area (TPSA) is 85.8 Å². The van der Waals surface area contributed by atoms with Crippen molar-refractivity contribution in [3.63, 3.8) is 0 Å². The predicted octanol–water partition coefficient (Wildman–Crippen LogP) is 0.788. The SMILES string of the molecule is CC(C(=O)Nc1ccc(C#CCN)cc1)n1cncn1. The number of carbonyl (C=O) groups is 1. The summed E-state index contributed by atoms with van der Waals surface area (Å²) in [6.45, 7) is 2.08. The molecular weight excluding hydrogens is 254 g/mol. The van der Waals surface area contributed by atoms with Crippen LogP contribution in [-0.2, 0) is 4.79 Å². The molecule has 6 heteroatoms. The predicted molar refractivity (Wildman–Crippen MR) is 75.7 cm³/mol. The van der Waals surface area contributed by atoms with E-state index in [4.69, 9.17) is 5.73 Å². The van der Waals surface area contributed by atoms with Gasteiger partial charge in [0.25, 0.3) is 0 Å². The zero-order valence-electron chi connectivity index (χ0n) is 11.1. The van der Waals surface area contributed by atoms with Crippen molar-refractivity contribution in [3.8, 4) is 11.8 Å². The van der Waals surface area contributed by atoms with Gasteiger partial charge in [0.15, 0.2) is 0 Å². The number of hydrogen-bond donors (Lipinski definition) is 2. The fourth-order valence-electron chi connectivity index (χ4n) is 1.57. The molecule has 1 atom stereocenters. The van der Waals surface area contributed by atoms with Gasteiger partial charge in [-0.3, -0.25) is 4.79 Å². The number of aromatic nitrogens is 3. The second kappa shape index (κ2) is 6.50. The van der Waals surface area contributed by atoms with Gasteiger partial charge in [-0.1, -0.05) is 11.8 Å². The normalized spacial score (nSPS) is 11.3. The molecule has 0 aliphatic rings. The van der Waals surface area contributed by atoms with Crippen LogP contribution in [0.25, 0.3) is 0 Å². The molecule has 20 heavy (non-hydrogen) atoms. The van der Waals surface area contributed by atoms with Gasteiger partial charge in [-0.05, 0) is 31.2 Å². The fourth-order valence-corrected chi connectivity index (χ4v) is 1.57. The Hall–Kier alpha value is -2.65. The zero-order valence-corrected chi connectivity index (χ0v) is 11.1. The van der Waals surface area contributed by atoms with E-state index in [1.165, 1.54) is 17.3 Å². The van der Waals surface area contributed by atoms with Gasteiger partial charge in [0.05, 0.1) is 6.54 Å². The summed E-state index contributed by atoms with van der Waals surface area (Å²) in [4.78, 5) is 15.8. The first-order valence-corrected chi connectivity index (χ1v) is 6.14. The first-order chi connectivity index (χ1) is 9.70. The first-order valence-electron chi connectivity index (χ1n) is 6.14. The maximum atomic E-state index is 12.0. The van der Waals surface area contributed by atoms with Crippen molar-refractivity contribution in [2.24, 2.45) is 5.73 Å². The largest absolute Gasteiger partial charge is 0.324 e. The molecule has 1 heterocycles. The van der Waals surface area contributed by atoms with E-state index in [0.29, 0.717) is 12.2 Å². The van der Waals surface area contributed by atoms with Crippen LogP contribution in [-0.4, -0.2) is 27.2 Å². The molecule has 1 unspecified atom stereocenters. The van der Waals surface area contributed by atoms with Gasteiger partial charge in [0, 0.05) is 11.3 Å². The third-order valence-electron chi connectivity index (χ3n) is 2.70. The molecule has 2 aromatic rings. The van der Waals surface area contributed by atoms with Crippen LogP contribution in [0.5, 0.6) is 0 Å². The molecule has 0 saturated heterocycles. The lowest BCUT2D eigenvalue weighted by Gasteiger charge is -2.11. The van der Waals surface area contributed by atoms with Gasteiger partial charge >= 0.3 is 0 Å². The zero-order chi connectivity index (χ0) is 14.4. The van der Waals surface area contributed by atoms with E-state index < -0.39 is 6.04 Å². The van der Waals surface area contributed by atoms with Crippen LogP contribution in [0.15, 0.2) is 36.9 Å². The highest BCUT2D eigenvalue weighted by atomic mass is 16.2. The lowest BCUT2D eigenvalue weighted by molar-refractivity contribution is -0.119. The lowest BCUT2D eigenvalue weighted by Crippen LogP contribution is -2.23. The summed E-state index contributed by atoms with van der Waals surface area (Å²) < 4.78 is 1.50. The average molecular weight is 269 g/mol. The monoisotopic (exact) mass is 269 g/mol. The van der Waals surface area contributed by atoms with Gasteiger partial charge < -0.3 is 11.1 Å². The molecule has 6 nitrogen and oxygen atoms in total. The Bertz CT molecular complexity index is 622. The van der Waals surface area contributed by atoms with E-state index in [9.17, 15) is 4.79 Å². The molecule has 3 N–H and O–H groups in total. The number of nitrogens with zero attached hydrogens (tertiary/aromatic N) is 3. The molecule has 0 bridgehead atoms. The summed E-state index contributed by atoms with van der Waals surface area (Å²) in [5.41, 5.74) is 6.88. The Morgan fingerprint density at radius 1 is 1.45 bits per heavy atom. The minimum Gasteiger partial charge on any atom is -0.324 e. The van der Waals surface area contributed by atoms with E-state index in [0.717, 1.165) is 5.56 Å². The highest BCUT2D eigenvalue weighted by Gasteiger charge is 2.15. The van der Waals surface area contributed by atoms with Gasteiger partial charge in [-0.2, -0.15) is 5.10 Å². The van der Waals surface area contributed by atoms with Gasteiger partial charge in [0.1, 0.15) is 18.7 Å². The number of carbonyl (C=O) groups excluding carboxylic acids is 1. The molecule has 1 aromatic carbocycles. The average Bonchev–Trinajstić information content (AvgIpc) is 3.00. The maximum Gasteiger partial charge on any atom is 0.249 e. The van der Waals surface area contributed by atoms with E-state index >= 15 is 0 Å². The minimum absolute atomic E-state index is 0.156. The summed E-state index contributed by atoms with van der Waals surface area (Å²) in [6, 6.07) is 6.84. The van der Waals surface area contributed by atoms with Crippen LogP contribution >= 0.6 is 0 Å². The van der Waals surface area contributed by atoms with Gasteiger partial charge in [-0.25, -0.2) is 9.67 Å². The molecule has 0 spiro atoms. The van der Waals surface area contributed by atoms with E-state index in [1.54, 1.807) is 19.1 Å². The van der Waals surface area contributed by atoms with Crippen LogP contribution in [0.2, 0.25) is 0 Å². The first kappa shape index (κ1) is 13.8. The summed E-state index contributed by atoms with van der Waals surface area (Å²) in [7, 11) is 0. The van der Waals surface area contributed by atoms with Crippen molar-refractivity contribution < 1.29 is 4.79 Å². The number of hydrogen-bond acceptors (Lipinski definition) is 4. The van der Waals surface area contributed by atoms with Crippen molar-refractivity contribution in [1.29, 1.82) is 0 Å². The number of amides is 1. The van der Waals surface area contributed by atoms with E-state index in [1.807, 2.05) is 12.1 Å². The highest BCUT2D eigenvalue weighted by Crippen LogP contribution is 2.12. The van der Waals surface area contributed by atoms with Crippen molar-refractivity contribution >= 4 is 11.6 Å². The fraction of sp³-hybridized carbons (Fsp3) is 0.214. The number of nitrogens with two attached hydrogens (primary N) is 1. The molecule has 1 aromatic heterocycles. The summed E-state index contributed by atoms with van der Waals surface area (Å²) in [5, 5.41) is 6.75. The van der Waals surface area contributed by atoms with Crippen LogP contribution in [0.1, 0.15) is 18.5 Å². The standard InChI is InChI=1S/C14H15N5O/c1-11(19-10-16-9-17-19)14(20)18-13-6-4-12(5-7-13)3-2-8-15/h4-7,9-11H,8,15H2,1H3,(H,18,20). The smallest absolute Gasteiger partial charge is 0.249 e. The number of rotatable bonds is 3. The van der Waals surface area contributed by atoms with Crippen molar-refractivity contribution in [3.05, 3.63) is 42.5 Å². The second-order valence-electron chi connectivity index (χ2n) is 4.12. The van der Waals surface area contributed by atoms with Gasteiger partial charge in [-0.15, -0.1) is 0 Å². The summed E-state index contributed by atoms with van der Waals surface area (Å²) >= 11 is 0. The molecule has 2 rings (SSSR count). The molecule has 1 amide bonds. The third kappa shape index (κ3) is 3.43. The van der Waals surface area contributed by atoms with E-state index in [-0.39, 0.29) is 5.91 Å².